The van der Waals surface area contributed by atoms with Crippen LogP contribution in [0.4, 0.5) is 5.82 Å². The largest absolute Gasteiger partial charge is 0.465 e. The van der Waals surface area contributed by atoms with Crippen molar-refractivity contribution in [2.45, 2.75) is 6.92 Å². The number of aromatic nitrogens is 1. The van der Waals surface area contributed by atoms with Crippen molar-refractivity contribution in [3.05, 3.63) is 22.8 Å². The smallest absolute Gasteiger partial charge is 0.320 e. The lowest BCUT2D eigenvalue weighted by Gasteiger charge is -2.20. The number of anilines is 1. The summed E-state index contributed by atoms with van der Waals surface area (Å²) in [5, 5.41) is 2.68. The Bertz CT molecular complexity index is 481. The highest BCUT2D eigenvalue weighted by molar-refractivity contribution is 9.10. The van der Waals surface area contributed by atoms with E-state index in [0.717, 1.165) is 4.47 Å². The van der Waals surface area contributed by atoms with Gasteiger partial charge in [-0.05, 0) is 35.0 Å². The fraction of sp³-hybridized carbons (Fsp3) is 0.500. The van der Waals surface area contributed by atoms with Crippen LogP contribution >= 0.6 is 15.9 Å². The summed E-state index contributed by atoms with van der Waals surface area (Å²) in [6.07, 6.45) is 1.59. The van der Waals surface area contributed by atoms with E-state index < -0.39 is 0 Å². The Hall–Kier alpha value is -1.51. The molecule has 1 rings (SSSR count). The number of esters is 1. The van der Waals surface area contributed by atoms with Gasteiger partial charge in [-0.2, -0.15) is 0 Å². The van der Waals surface area contributed by atoms with Gasteiger partial charge in [-0.1, -0.05) is 0 Å². The monoisotopic (exact) mass is 373 g/mol. The number of rotatable bonds is 9. The molecule has 0 aromatic carbocycles. The molecule has 1 aromatic rings. The van der Waals surface area contributed by atoms with Crippen LogP contribution in [0.1, 0.15) is 6.92 Å². The van der Waals surface area contributed by atoms with Crippen molar-refractivity contribution in [2.24, 2.45) is 0 Å². The van der Waals surface area contributed by atoms with E-state index in [9.17, 15) is 9.59 Å². The maximum atomic E-state index is 12.0. The first-order chi connectivity index (χ1) is 10.5. The zero-order valence-corrected chi connectivity index (χ0v) is 14.3. The van der Waals surface area contributed by atoms with Crippen LogP contribution in [0.5, 0.6) is 0 Å². The third-order valence-corrected chi connectivity index (χ3v) is 3.10. The minimum atomic E-state index is -0.367. The van der Waals surface area contributed by atoms with Crippen molar-refractivity contribution in [1.82, 2.24) is 9.88 Å². The molecule has 122 valence electrons. The molecule has 0 fully saturated rings. The molecular weight excluding hydrogens is 354 g/mol. The molecular formula is C14H20BrN3O4. The van der Waals surface area contributed by atoms with Crippen LogP contribution in [0.3, 0.4) is 0 Å². The van der Waals surface area contributed by atoms with Gasteiger partial charge in [0, 0.05) is 24.3 Å². The van der Waals surface area contributed by atoms with Gasteiger partial charge in [0.25, 0.3) is 0 Å². The van der Waals surface area contributed by atoms with Crippen molar-refractivity contribution in [2.75, 3.05) is 45.3 Å². The van der Waals surface area contributed by atoms with Gasteiger partial charge in [-0.15, -0.1) is 0 Å². The Kier molecular flexibility index (Phi) is 8.64. The lowest BCUT2D eigenvalue weighted by Crippen LogP contribution is -2.39. The number of hydrogen-bond donors (Lipinski definition) is 1. The second-order valence-corrected chi connectivity index (χ2v) is 5.33. The molecule has 0 aliphatic rings. The van der Waals surface area contributed by atoms with E-state index in [-0.39, 0.29) is 25.0 Å². The second kappa shape index (κ2) is 10.3. The summed E-state index contributed by atoms with van der Waals surface area (Å²) in [4.78, 5) is 29.3. The van der Waals surface area contributed by atoms with Crippen molar-refractivity contribution in [1.29, 1.82) is 0 Å². The van der Waals surface area contributed by atoms with Crippen molar-refractivity contribution in [3.63, 3.8) is 0 Å². The summed E-state index contributed by atoms with van der Waals surface area (Å²) in [6.45, 7) is 3.02. The zero-order chi connectivity index (χ0) is 16.4. The molecule has 1 aromatic heterocycles. The Morgan fingerprint density at radius 2 is 2.14 bits per heavy atom. The number of hydrogen-bond acceptors (Lipinski definition) is 6. The molecule has 0 saturated heterocycles. The molecule has 22 heavy (non-hydrogen) atoms. The lowest BCUT2D eigenvalue weighted by molar-refractivity contribution is -0.144. The topological polar surface area (TPSA) is 80.8 Å². The number of pyridine rings is 1. The third-order valence-electron chi connectivity index (χ3n) is 2.63. The van der Waals surface area contributed by atoms with Gasteiger partial charge in [0.1, 0.15) is 5.82 Å². The highest BCUT2D eigenvalue weighted by Crippen LogP contribution is 2.10. The number of nitrogens with one attached hydrogen (secondary N) is 1. The van der Waals surface area contributed by atoms with Crippen molar-refractivity contribution in [3.8, 4) is 0 Å². The molecule has 8 heteroatoms. The van der Waals surface area contributed by atoms with Gasteiger partial charge in [-0.25, -0.2) is 4.98 Å². The van der Waals surface area contributed by atoms with Gasteiger partial charge < -0.3 is 14.8 Å². The van der Waals surface area contributed by atoms with Gasteiger partial charge in [-0.3, -0.25) is 14.5 Å². The maximum Gasteiger partial charge on any atom is 0.320 e. The van der Waals surface area contributed by atoms with Crippen LogP contribution in [0.15, 0.2) is 22.8 Å². The lowest BCUT2D eigenvalue weighted by atomic mass is 10.4. The summed E-state index contributed by atoms with van der Waals surface area (Å²) in [5.41, 5.74) is 0. The Balaban J connectivity index is 2.53. The van der Waals surface area contributed by atoms with Crippen LogP contribution in [-0.4, -0.2) is 61.7 Å². The molecule has 1 amide bonds. The fourth-order valence-electron chi connectivity index (χ4n) is 1.66. The van der Waals surface area contributed by atoms with Crippen LogP contribution in [0.2, 0.25) is 0 Å². The Morgan fingerprint density at radius 3 is 2.73 bits per heavy atom. The summed E-state index contributed by atoms with van der Waals surface area (Å²) in [7, 11) is 1.56. The van der Waals surface area contributed by atoms with Gasteiger partial charge in [0.15, 0.2) is 0 Å². The van der Waals surface area contributed by atoms with Gasteiger partial charge in [0.05, 0.1) is 26.3 Å². The number of ether oxygens (including phenoxy) is 2. The molecule has 0 saturated carbocycles. The van der Waals surface area contributed by atoms with E-state index in [4.69, 9.17) is 9.47 Å². The minimum absolute atomic E-state index is 0.0401. The molecule has 0 bridgehead atoms. The molecule has 7 nitrogen and oxygen atoms in total. The quantitative estimate of drug-likeness (QED) is 0.657. The predicted molar refractivity (Wildman–Crippen MR) is 85.5 cm³/mol. The Morgan fingerprint density at radius 1 is 1.36 bits per heavy atom. The normalized spacial score (nSPS) is 10.5. The first-order valence-corrected chi connectivity index (χ1v) is 7.62. The predicted octanol–water partition coefficient (Wildman–Crippen LogP) is 1.29. The molecule has 0 unspecified atom stereocenters. The zero-order valence-electron chi connectivity index (χ0n) is 12.7. The number of amides is 1. The molecule has 0 aliphatic carbocycles. The van der Waals surface area contributed by atoms with E-state index in [2.05, 4.69) is 26.2 Å². The molecule has 0 spiro atoms. The maximum absolute atomic E-state index is 12.0. The highest BCUT2D eigenvalue weighted by Gasteiger charge is 2.15. The summed E-state index contributed by atoms with van der Waals surface area (Å²) in [6, 6.07) is 3.47. The summed E-state index contributed by atoms with van der Waals surface area (Å²) < 4.78 is 10.7. The summed E-state index contributed by atoms with van der Waals surface area (Å²) in [5.74, 6) is -0.167. The van der Waals surface area contributed by atoms with Gasteiger partial charge >= 0.3 is 5.97 Å². The minimum Gasteiger partial charge on any atom is -0.465 e. The SMILES string of the molecule is CCOC(=O)CN(CCOC)CC(=O)Nc1ccc(Br)cn1. The number of methoxy groups -OCH3 is 1. The molecule has 1 N–H and O–H groups in total. The standard InChI is InChI=1S/C14H20BrN3O4/c1-3-22-14(20)10-18(6-7-21-2)9-13(19)17-12-5-4-11(15)8-16-12/h4-5,8H,3,6-7,9-10H2,1-2H3,(H,16,17,19). The van der Waals surface area contributed by atoms with E-state index in [0.29, 0.717) is 25.6 Å². The highest BCUT2D eigenvalue weighted by atomic mass is 79.9. The first-order valence-electron chi connectivity index (χ1n) is 6.83. The van der Waals surface area contributed by atoms with Crippen LogP contribution in [0, 0.1) is 0 Å². The summed E-state index contributed by atoms with van der Waals surface area (Å²) >= 11 is 3.27. The van der Waals surface area contributed by atoms with Crippen molar-refractivity contribution >= 4 is 33.6 Å². The molecule has 0 radical (unpaired) electrons. The van der Waals surface area contributed by atoms with Crippen molar-refractivity contribution < 1.29 is 19.1 Å². The van der Waals surface area contributed by atoms with E-state index >= 15 is 0 Å². The third kappa shape index (κ3) is 7.48. The van der Waals surface area contributed by atoms with Crippen LogP contribution in [-0.2, 0) is 19.1 Å². The average molecular weight is 374 g/mol. The Labute approximate surface area is 138 Å². The average Bonchev–Trinajstić information content (AvgIpc) is 2.47. The number of nitrogens with zero attached hydrogens (tertiary/aromatic N) is 2. The van der Waals surface area contributed by atoms with Gasteiger partial charge in [0.2, 0.25) is 5.91 Å². The van der Waals surface area contributed by atoms with E-state index in [1.807, 2.05) is 0 Å². The van der Waals surface area contributed by atoms with Crippen LogP contribution in [0.25, 0.3) is 0 Å². The number of halogens is 1. The van der Waals surface area contributed by atoms with E-state index in [1.165, 1.54) is 0 Å². The molecule has 0 aliphatic heterocycles. The first kappa shape index (κ1) is 18.5. The second-order valence-electron chi connectivity index (χ2n) is 4.42. The number of carbonyl (C=O) groups excluding carboxylic acids is 2. The molecule has 1 heterocycles. The fourth-order valence-corrected chi connectivity index (χ4v) is 1.89. The molecule has 0 atom stereocenters. The number of carbonyl (C=O) groups is 2. The van der Waals surface area contributed by atoms with Crippen LogP contribution < -0.4 is 5.32 Å². The van der Waals surface area contributed by atoms with E-state index in [1.54, 1.807) is 37.3 Å².